The van der Waals surface area contributed by atoms with Crippen LogP contribution in [0, 0.1) is 12.3 Å². The van der Waals surface area contributed by atoms with E-state index < -0.39 is 0 Å². The summed E-state index contributed by atoms with van der Waals surface area (Å²) in [5.74, 6) is 2.37. The Hall–Kier alpha value is -0.520. The van der Waals surface area contributed by atoms with E-state index in [1.165, 1.54) is 11.3 Å². The summed E-state index contributed by atoms with van der Waals surface area (Å²) in [5, 5.41) is 0.634. The molecule has 0 atom stereocenters. The highest BCUT2D eigenvalue weighted by Crippen LogP contribution is 2.16. The van der Waals surface area contributed by atoms with E-state index in [1.807, 2.05) is 0 Å². The lowest BCUT2D eigenvalue weighted by molar-refractivity contribution is 1.39. The van der Waals surface area contributed by atoms with Crippen molar-refractivity contribution in [1.29, 1.82) is 0 Å². The molecular weight excluding hydrogens is 142 g/mol. The molecule has 1 heterocycles. The molecule has 0 saturated heterocycles. The molecule has 1 aromatic rings. The van der Waals surface area contributed by atoms with Crippen LogP contribution in [0.15, 0.2) is 6.20 Å². The molecule has 0 unspecified atom stereocenters. The fourth-order valence-electron chi connectivity index (χ4n) is 0.321. The van der Waals surface area contributed by atoms with Gasteiger partial charge in [0.25, 0.3) is 0 Å². The van der Waals surface area contributed by atoms with Crippen LogP contribution in [-0.2, 0) is 0 Å². The van der Waals surface area contributed by atoms with Gasteiger partial charge in [-0.15, -0.1) is 6.42 Å². The van der Waals surface area contributed by atoms with Crippen molar-refractivity contribution in [3.05, 3.63) is 15.5 Å². The first-order valence-corrected chi connectivity index (χ1v) is 3.10. The molecule has 1 rings (SSSR count). The van der Waals surface area contributed by atoms with Gasteiger partial charge in [0.15, 0.2) is 5.01 Å². The smallest absolute Gasteiger partial charge is 0.168 e. The van der Waals surface area contributed by atoms with Crippen molar-refractivity contribution in [3.63, 3.8) is 0 Å². The van der Waals surface area contributed by atoms with Crippen LogP contribution in [0.1, 0.15) is 5.01 Å². The fraction of sp³-hybridized carbons (Fsp3) is 0. The number of aromatic nitrogens is 1. The van der Waals surface area contributed by atoms with E-state index in [2.05, 4.69) is 10.9 Å². The average molecular weight is 144 g/mol. The Morgan fingerprint density at radius 3 is 2.88 bits per heavy atom. The summed E-state index contributed by atoms with van der Waals surface area (Å²) < 4.78 is 0.637. The molecule has 0 bridgehead atoms. The first-order chi connectivity index (χ1) is 3.83. The molecule has 0 saturated carbocycles. The van der Waals surface area contributed by atoms with Crippen LogP contribution < -0.4 is 0 Å². The van der Waals surface area contributed by atoms with E-state index in [0.29, 0.717) is 9.34 Å². The van der Waals surface area contributed by atoms with Gasteiger partial charge in [-0.05, 0) is 5.92 Å². The summed E-state index contributed by atoms with van der Waals surface area (Å²) in [5.41, 5.74) is 0. The van der Waals surface area contributed by atoms with Crippen molar-refractivity contribution in [2.24, 2.45) is 0 Å². The van der Waals surface area contributed by atoms with Crippen LogP contribution >= 0.6 is 22.9 Å². The minimum Gasteiger partial charge on any atom is -0.235 e. The van der Waals surface area contributed by atoms with E-state index in [4.69, 9.17) is 18.0 Å². The largest absolute Gasteiger partial charge is 0.235 e. The number of hydrogen-bond donors (Lipinski definition) is 0. The number of nitrogens with zero attached hydrogens (tertiary/aromatic N) is 1. The Morgan fingerprint density at radius 2 is 2.62 bits per heavy atom. The molecule has 40 valence electrons. The Morgan fingerprint density at radius 1 is 1.88 bits per heavy atom. The molecule has 3 heteroatoms. The number of thiazole rings is 1. The van der Waals surface area contributed by atoms with Crippen molar-refractivity contribution >= 4 is 22.9 Å². The van der Waals surface area contributed by atoms with Crippen LogP contribution in [0.2, 0.25) is 4.34 Å². The Bertz CT molecular complexity index is 223. The van der Waals surface area contributed by atoms with Crippen LogP contribution in [0.25, 0.3) is 0 Å². The third-order valence-electron chi connectivity index (χ3n) is 0.601. The maximum absolute atomic E-state index is 5.50. The van der Waals surface area contributed by atoms with Gasteiger partial charge < -0.3 is 0 Å². The molecule has 0 fully saturated rings. The molecule has 8 heavy (non-hydrogen) atoms. The highest BCUT2D eigenvalue weighted by molar-refractivity contribution is 7.16. The summed E-state index contributed by atoms with van der Waals surface area (Å²) in [7, 11) is 0. The van der Waals surface area contributed by atoms with Crippen LogP contribution in [0.5, 0.6) is 0 Å². The Labute approximate surface area is 56.3 Å². The third kappa shape index (κ3) is 1.00. The maximum Gasteiger partial charge on any atom is 0.168 e. The van der Waals surface area contributed by atoms with Crippen molar-refractivity contribution in [2.75, 3.05) is 0 Å². The zero-order valence-electron chi connectivity index (χ0n) is 3.89. The molecular formula is C5H2ClNS. The van der Waals surface area contributed by atoms with Crippen LogP contribution in [0.4, 0.5) is 0 Å². The van der Waals surface area contributed by atoms with Crippen molar-refractivity contribution < 1.29 is 0 Å². The lowest BCUT2D eigenvalue weighted by Crippen LogP contribution is -1.61. The second kappa shape index (κ2) is 2.17. The van der Waals surface area contributed by atoms with E-state index in [1.54, 1.807) is 6.20 Å². The summed E-state index contributed by atoms with van der Waals surface area (Å²) in [4.78, 5) is 3.78. The number of hydrogen-bond acceptors (Lipinski definition) is 2. The van der Waals surface area contributed by atoms with Crippen LogP contribution in [0.3, 0.4) is 0 Å². The quantitative estimate of drug-likeness (QED) is 0.505. The molecule has 0 radical (unpaired) electrons. The number of rotatable bonds is 0. The molecule has 1 aromatic heterocycles. The lowest BCUT2D eigenvalue weighted by atomic mass is 10.7. The van der Waals surface area contributed by atoms with Crippen LogP contribution in [-0.4, -0.2) is 4.98 Å². The normalized spacial score (nSPS) is 8.50. The minimum absolute atomic E-state index is 0.634. The Balaban J connectivity index is 3.05. The van der Waals surface area contributed by atoms with Gasteiger partial charge in [0.2, 0.25) is 0 Å². The first-order valence-electron chi connectivity index (χ1n) is 1.91. The summed E-state index contributed by atoms with van der Waals surface area (Å²) in [6, 6.07) is 0. The third-order valence-corrected chi connectivity index (χ3v) is 1.65. The van der Waals surface area contributed by atoms with Gasteiger partial charge in [-0.1, -0.05) is 22.9 Å². The average Bonchev–Trinajstić information content (AvgIpc) is 2.14. The molecule has 0 N–H and O–H groups in total. The van der Waals surface area contributed by atoms with Gasteiger partial charge in [0.1, 0.15) is 4.34 Å². The van der Waals surface area contributed by atoms with E-state index in [-0.39, 0.29) is 0 Å². The van der Waals surface area contributed by atoms with Gasteiger partial charge in [0, 0.05) is 0 Å². The van der Waals surface area contributed by atoms with E-state index >= 15 is 0 Å². The van der Waals surface area contributed by atoms with Gasteiger partial charge in [-0.3, -0.25) is 0 Å². The standard InChI is InChI=1S/C5H2ClNS/c1-2-5-7-3-4(6)8-5/h1,3H. The minimum atomic E-state index is 0.634. The zero-order valence-corrected chi connectivity index (χ0v) is 5.46. The summed E-state index contributed by atoms with van der Waals surface area (Å²) in [6.45, 7) is 0. The second-order valence-electron chi connectivity index (χ2n) is 1.11. The Kier molecular flexibility index (Phi) is 1.52. The fourth-order valence-corrected chi connectivity index (χ4v) is 1.04. The van der Waals surface area contributed by atoms with E-state index in [0.717, 1.165) is 0 Å². The van der Waals surface area contributed by atoms with Crippen molar-refractivity contribution in [3.8, 4) is 12.3 Å². The monoisotopic (exact) mass is 143 g/mol. The summed E-state index contributed by atoms with van der Waals surface area (Å²) in [6.07, 6.45) is 6.55. The molecule has 0 aromatic carbocycles. The molecule has 0 aliphatic rings. The molecule has 0 spiro atoms. The lowest BCUT2D eigenvalue weighted by Gasteiger charge is -1.67. The first kappa shape index (κ1) is 5.61. The van der Waals surface area contributed by atoms with Crippen molar-refractivity contribution in [2.45, 2.75) is 0 Å². The molecule has 0 aliphatic heterocycles. The molecule has 1 nitrogen and oxygen atoms in total. The zero-order chi connectivity index (χ0) is 5.98. The molecule has 0 amide bonds. The van der Waals surface area contributed by atoms with Crippen molar-refractivity contribution in [1.82, 2.24) is 4.98 Å². The maximum atomic E-state index is 5.50. The topological polar surface area (TPSA) is 12.9 Å². The van der Waals surface area contributed by atoms with Gasteiger partial charge >= 0.3 is 0 Å². The molecule has 0 aliphatic carbocycles. The highest BCUT2D eigenvalue weighted by atomic mass is 35.5. The number of terminal acetylenes is 1. The number of halogens is 1. The van der Waals surface area contributed by atoms with Gasteiger partial charge in [-0.25, -0.2) is 4.98 Å². The van der Waals surface area contributed by atoms with Gasteiger partial charge in [-0.2, -0.15) is 0 Å². The predicted molar refractivity (Wildman–Crippen MR) is 35.1 cm³/mol. The second-order valence-corrected chi connectivity index (χ2v) is 2.78. The van der Waals surface area contributed by atoms with Gasteiger partial charge in [0.05, 0.1) is 6.20 Å². The summed E-state index contributed by atoms with van der Waals surface area (Å²) >= 11 is 6.81. The highest BCUT2D eigenvalue weighted by Gasteiger charge is 1.91. The predicted octanol–water partition coefficient (Wildman–Crippen LogP) is 1.78. The SMILES string of the molecule is C#Cc1ncc(Cl)s1. The van der Waals surface area contributed by atoms with E-state index in [9.17, 15) is 0 Å².